The van der Waals surface area contributed by atoms with Crippen LogP contribution in [0.1, 0.15) is 29.9 Å². The minimum atomic E-state index is 0.502. The number of hydrogen-bond donors (Lipinski definition) is 1. The second kappa shape index (κ2) is 6.22. The van der Waals surface area contributed by atoms with Gasteiger partial charge in [0.2, 0.25) is 0 Å². The monoisotopic (exact) mass is 274 g/mol. The Morgan fingerprint density at radius 3 is 2.63 bits per heavy atom. The molecule has 0 spiro atoms. The number of rotatable bonds is 5. The van der Waals surface area contributed by atoms with Gasteiger partial charge >= 0.3 is 0 Å². The van der Waals surface area contributed by atoms with Crippen molar-refractivity contribution >= 4 is 17.0 Å². The van der Waals surface area contributed by atoms with E-state index in [2.05, 4.69) is 55.3 Å². The lowest BCUT2D eigenvalue weighted by Gasteiger charge is -2.26. The van der Waals surface area contributed by atoms with E-state index >= 15 is 0 Å². The van der Waals surface area contributed by atoms with Crippen LogP contribution >= 0.6 is 11.3 Å². The number of anilines is 1. The van der Waals surface area contributed by atoms with Crippen LogP contribution < -0.4 is 5.73 Å². The van der Waals surface area contributed by atoms with Crippen LogP contribution in [-0.4, -0.2) is 10.9 Å². The molecule has 0 aliphatic heterocycles. The second-order valence-corrected chi connectivity index (χ2v) is 6.31. The number of nitrogens with zero attached hydrogens (tertiary/aromatic N) is 1. The summed E-state index contributed by atoms with van der Waals surface area (Å²) < 4.78 is 0. The highest BCUT2D eigenvalue weighted by molar-refractivity contribution is 7.09. The molecule has 0 aliphatic carbocycles. The van der Waals surface area contributed by atoms with Crippen LogP contribution in [0.3, 0.4) is 0 Å². The number of aryl methyl sites for hydroxylation is 1. The quantitative estimate of drug-likeness (QED) is 0.833. The van der Waals surface area contributed by atoms with Crippen molar-refractivity contribution < 1.29 is 0 Å². The summed E-state index contributed by atoms with van der Waals surface area (Å²) in [6.45, 7) is 8.48. The van der Waals surface area contributed by atoms with E-state index in [0.29, 0.717) is 6.04 Å². The molecule has 102 valence electrons. The maximum absolute atomic E-state index is 6.09. The van der Waals surface area contributed by atoms with Gasteiger partial charge in [-0.1, -0.05) is 23.8 Å². The van der Waals surface area contributed by atoms with Crippen LogP contribution in [0.2, 0.25) is 0 Å². The molecule has 0 fully saturated rings. The van der Waals surface area contributed by atoms with Crippen LogP contribution in [0, 0.1) is 6.92 Å². The van der Waals surface area contributed by atoms with E-state index in [1.54, 1.807) is 0 Å². The normalized spacial score (nSPS) is 11.4. The Morgan fingerprint density at radius 2 is 2.00 bits per heavy atom. The average molecular weight is 274 g/mol. The standard InChI is InChI=1S/C16H22N2S/c1-12(2)18(11-15-5-4-8-19-15)10-14-9-13(3)6-7-16(14)17/h4-9,12H,10-11,17H2,1-3H3. The molecule has 2 N–H and O–H groups in total. The van der Waals surface area contributed by atoms with E-state index in [1.807, 2.05) is 17.4 Å². The average Bonchev–Trinajstić information content (AvgIpc) is 2.85. The number of benzene rings is 1. The molecule has 0 amide bonds. The highest BCUT2D eigenvalue weighted by Gasteiger charge is 2.13. The predicted octanol–water partition coefficient (Wildman–Crippen LogP) is 4.05. The molecule has 0 unspecified atom stereocenters. The summed E-state index contributed by atoms with van der Waals surface area (Å²) in [6, 6.07) is 11.1. The number of nitrogens with two attached hydrogens (primary N) is 1. The Bertz CT molecular complexity index is 518. The molecule has 1 heterocycles. The Morgan fingerprint density at radius 1 is 1.21 bits per heavy atom. The molecule has 1 aromatic heterocycles. The van der Waals surface area contributed by atoms with E-state index in [0.717, 1.165) is 18.8 Å². The molecule has 19 heavy (non-hydrogen) atoms. The fourth-order valence-corrected chi connectivity index (χ4v) is 2.84. The third-order valence-corrected chi connectivity index (χ3v) is 4.20. The van der Waals surface area contributed by atoms with E-state index in [9.17, 15) is 0 Å². The first-order chi connectivity index (χ1) is 9.06. The Balaban J connectivity index is 2.14. The van der Waals surface area contributed by atoms with Crippen LogP contribution in [0.25, 0.3) is 0 Å². The van der Waals surface area contributed by atoms with Crippen molar-refractivity contribution in [2.24, 2.45) is 0 Å². The van der Waals surface area contributed by atoms with Crippen LogP contribution in [0.4, 0.5) is 5.69 Å². The zero-order chi connectivity index (χ0) is 13.8. The SMILES string of the molecule is Cc1ccc(N)c(CN(Cc2cccs2)C(C)C)c1. The molecule has 3 heteroatoms. The molecule has 0 saturated heterocycles. The largest absolute Gasteiger partial charge is 0.398 e. The topological polar surface area (TPSA) is 29.3 Å². The minimum Gasteiger partial charge on any atom is -0.398 e. The van der Waals surface area contributed by atoms with E-state index < -0.39 is 0 Å². The first-order valence-corrected chi connectivity index (χ1v) is 7.55. The third-order valence-electron chi connectivity index (χ3n) is 3.34. The van der Waals surface area contributed by atoms with Gasteiger partial charge in [-0.2, -0.15) is 0 Å². The smallest absolute Gasteiger partial charge is 0.0359 e. The summed E-state index contributed by atoms with van der Waals surface area (Å²) in [6.07, 6.45) is 0. The first kappa shape index (κ1) is 14.1. The van der Waals surface area contributed by atoms with Crippen molar-refractivity contribution in [1.82, 2.24) is 4.90 Å². The molecule has 2 aromatic rings. The van der Waals surface area contributed by atoms with E-state index in [1.165, 1.54) is 16.0 Å². The van der Waals surface area contributed by atoms with Gasteiger partial charge in [0.15, 0.2) is 0 Å². The van der Waals surface area contributed by atoms with Gasteiger partial charge in [-0.05, 0) is 43.8 Å². The molecule has 2 rings (SSSR count). The van der Waals surface area contributed by atoms with E-state index in [-0.39, 0.29) is 0 Å². The summed E-state index contributed by atoms with van der Waals surface area (Å²) in [4.78, 5) is 3.86. The zero-order valence-electron chi connectivity index (χ0n) is 11.9. The van der Waals surface area contributed by atoms with Crippen molar-refractivity contribution in [2.75, 3.05) is 5.73 Å². The van der Waals surface area contributed by atoms with Gasteiger partial charge in [-0.25, -0.2) is 0 Å². The maximum atomic E-state index is 6.09. The van der Waals surface area contributed by atoms with Gasteiger partial charge in [-0.15, -0.1) is 11.3 Å². The summed E-state index contributed by atoms with van der Waals surface area (Å²) in [5.74, 6) is 0. The third kappa shape index (κ3) is 3.82. The van der Waals surface area contributed by atoms with Crippen LogP contribution in [0.5, 0.6) is 0 Å². The van der Waals surface area contributed by atoms with Crippen LogP contribution in [0.15, 0.2) is 35.7 Å². The van der Waals surface area contributed by atoms with Gasteiger partial charge in [0.25, 0.3) is 0 Å². The number of thiophene rings is 1. The molecule has 0 atom stereocenters. The van der Waals surface area contributed by atoms with Gasteiger partial charge < -0.3 is 5.73 Å². The van der Waals surface area contributed by atoms with Crippen molar-refractivity contribution in [1.29, 1.82) is 0 Å². The summed E-state index contributed by atoms with van der Waals surface area (Å²) >= 11 is 1.81. The maximum Gasteiger partial charge on any atom is 0.0359 e. The van der Waals surface area contributed by atoms with E-state index in [4.69, 9.17) is 5.73 Å². The van der Waals surface area contributed by atoms with Gasteiger partial charge in [0.05, 0.1) is 0 Å². The fourth-order valence-electron chi connectivity index (χ4n) is 2.11. The molecule has 2 nitrogen and oxygen atoms in total. The van der Waals surface area contributed by atoms with Gasteiger partial charge in [-0.3, -0.25) is 4.90 Å². The highest BCUT2D eigenvalue weighted by Crippen LogP contribution is 2.20. The highest BCUT2D eigenvalue weighted by atomic mass is 32.1. The summed E-state index contributed by atoms with van der Waals surface area (Å²) in [5.41, 5.74) is 9.47. The molecule has 0 aliphatic rings. The van der Waals surface area contributed by atoms with Gasteiger partial charge in [0, 0.05) is 29.7 Å². The lowest BCUT2D eigenvalue weighted by molar-refractivity contribution is 0.206. The lowest BCUT2D eigenvalue weighted by Crippen LogP contribution is -2.29. The molecule has 0 saturated carbocycles. The van der Waals surface area contributed by atoms with Crippen LogP contribution in [-0.2, 0) is 13.1 Å². The predicted molar refractivity (Wildman–Crippen MR) is 84.3 cm³/mol. The summed E-state index contributed by atoms with van der Waals surface area (Å²) in [5, 5.41) is 2.13. The van der Waals surface area contributed by atoms with Crippen molar-refractivity contribution in [3.05, 3.63) is 51.7 Å². The molecule has 0 radical (unpaired) electrons. The molecular formula is C16H22N2S. The fraction of sp³-hybridized carbons (Fsp3) is 0.375. The van der Waals surface area contributed by atoms with Crippen molar-refractivity contribution in [2.45, 2.75) is 39.9 Å². The Labute approximate surface area is 119 Å². The molecular weight excluding hydrogens is 252 g/mol. The van der Waals surface area contributed by atoms with Crippen molar-refractivity contribution in [3.63, 3.8) is 0 Å². The molecule has 0 bridgehead atoms. The zero-order valence-corrected chi connectivity index (χ0v) is 12.7. The number of nitrogen functional groups attached to an aromatic ring is 1. The number of hydrogen-bond acceptors (Lipinski definition) is 3. The lowest BCUT2D eigenvalue weighted by atomic mass is 10.1. The van der Waals surface area contributed by atoms with Crippen molar-refractivity contribution in [3.8, 4) is 0 Å². The Hall–Kier alpha value is -1.32. The Kier molecular flexibility index (Phi) is 4.61. The second-order valence-electron chi connectivity index (χ2n) is 5.28. The minimum absolute atomic E-state index is 0.502. The summed E-state index contributed by atoms with van der Waals surface area (Å²) in [7, 11) is 0. The molecule has 1 aromatic carbocycles. The van der Waals surface area contributed by atoms with Gasteiger partial charge in [0.1, 0.15) is 0 Å². The first-order valence-electron chi connectivity index (χ1n) is 6.67.